The topological polar surface area (TPSA) is 47.9 Å². The minimum Gasteiger partial charge on any atom is -0.316 e. The predicted molar refractivity (Wildman–Crippen MR) is 68.3 cm³/mol. The zero-order valence-corrected chi connectivity index (χ0v) is 10.2. The fourth-order valence-electron chi connectivity index (χ4n) is 2.30. The van der Waals surface area contributed by atoms with E-state index < -0.39 is 5.54 Å². The summed E-state index contributed by atoms with van der Waals surface area (Å²) in [6.45, 7) is 4.72. The molecule has 1 fully saturated rings. The van der Waals surface area contributed by atoms with Crippen molar-refractivity contribution >= 4 is 0 Å². The van der Waals surface area contributed by atoms with Crippen LogP contribution in [0.3, 0.4) is 0 Å². The van der Waals surface area contributed by atoms with E-state index in [2.05, 4.69) is 28.8 Å². The molecule has 90 valence electrons. The molecule has 17 heavy (non-hydrogen) atoms. The van der Waals surface area contributed by atoms with E-state index in [9.17, 15) is 5.26 Å². The van der Waals surface area contributed by atoms with E-state index in [0.29, 0.717) is 5.92 Å². The molecule has 3 heteroatoms. The van der Waals surface area contributed by atoms with Crippen molar-refractivity contribution in [3.63, 3.8) is 0 Å². The third kappa shape index (κ3) is 2.85. The van der Waals surface area contributed by atoms with Crippen LogP contribution in [0.1, 0.15) is 18.9 Å². The van der Waals surface area contributed by atoms with Crippen LogP contribution in [0.4, 0.5) is 0 Å². The normalized spacial score (nSPS) is 22.9. The number of benzene rings is 1. The van der Waals surface area contributed by atoms with Crippen molar-refractivity contribution in [1.82, 2.24) is 10.6 Å². The van der Waals surface area contributed by atoms with Crippen molar-refractivity contribution in [3.8, 4) is 6.07 Å². The largest absolute Gasteiger partial charge is 0.316 e. The van der Waals surface area contributed by atoms with Gasteiger partial charge in [0.1, 0.15) is 5.54 Å². The maximum absolute atomic E-state index is 9.38. The van der Waals surface area contributed by atoms with Crippen LogP contribution in [0.2, 0.25) is 0 Å². The summed E-state index contributed by atoms with van der Waals surface area (Å²) in [7, 11) is 0. The summed E-state index contributed by atoms with van der Waals surface area (Å²) in [5, 5.41) is 16.1. The number of hydrogen-bond acceptors (Lipinski definition) is 3. The van der Waals surface area contributed by atoms with Crippen LogP contribution >= 0.6 is 0 Å². The molecule has 0 radical (unpaired) electrons. The number of rotatable bonds is 4. The van der Waals surface area contributed by atoms with Crippen LogP contribution in [-0.2, 0) is 6.54 Å². The fraction of sp³-hybridized carbons (Fsp3) is 0.500. The van der Waals surface area contributed by atoms with Crippen LogP contribution in [0.25, 0.3) is 0 Å². The highest BCUT2D eigenvalue weighted by molar-refractivity contribution is 5.17. The molecular weight excluding hydrogens is 210 g/mol. The van der Waals surface area contributed by atoms with Gasteiger partial charge in [-0.1, -0.05) is 30.3 Å². The maximum Gasteiger partial charge on any atom is 0.108 e. The Morgan fingerprint density at radius 2 is 2.24 bits per heavy atom. The molecule has 0 aromatic heterocycles. The summed E-state index contributed by atoms with van der Waals surface area (Å²) >= 11 is 0. The summed E-state index contributed by atoms with van der Waals surface area (Å²) < 4.78 is 0. The summed E-state index contributed by atoms with van der Waals surface area (Å²) in [5.41, 5.74) is 0.791. The average Bonchev–Trinajstić information content (AvgIpc) is 2.92. The smallest absolute Gasteiger partial charge is 0.108 e. The molecule has 1 aromatic rings. The predicted octanol–water partition coefficient (Wildman–Crippen LogP) is 1.67. The van der Waals surface area contributed by atoms with Gasteiger partial charge in [-0.2, -0.15) is 5.26 Å². The van der Waals surface area contributed by atoms with Gasteiger partial charge in [-0.05, 0) is 25.5 Å². The van der Waals surface area contributed by atoms with Gasteiger partial charge < -0.3 is 5.32 Å². The molecule has 1 aliphatic heterocycles. The monoisotopic (exact) mass is 229 g/mol. The van der Waals surface area contributed by atoms with Crippen molar-refractivity contribution < 1.29 is 0 Å². The highest BCUT2D eigenvalue weighted by Crippen LogP contribution is 2.23. The number of hydrogen-bond donors (Lipinski definition) is 2. The van der Waals surface area contributed by atoms with Crippen molar-refractivity contribution in [2.24, 2.45) is 5.92 Å². The van der Waals surface area contributed by atoms with Gasteiger partial charge in [-0.3, -0.25) is 5.32 Å². The molecule has 0 spiro atoms. The first kappa shape index (κ1) is 12.1. The van der Waals surface area contributed by atoms with Gasteiger partial charge in [0.2, 0.25) is 0 Å². The van der Waals surface area contributed by atoms with E-state index in [0.717, 1.165) is 26.1 Å². The minimum absolute atomic E-state index is 0.399. The second-order valence-corrected chi connectivity index (χ2v) is 4.84. The molecule has 1 aliphatic rings. The molecular formula is C14H19N3. The van der Waals surface area contributed by atoms with Gasteiger partial charge in [-0.15, -0.1) is 0 Å². The summed E-state index contributed by atoms with van der Waals surface area (Å²) in [5.74, 6) is 0.399. The van der Waals surface area contributed by atoms with Crippen LogP contribution < -0.4 is 10.6 Å². The molecule has 2 unspecified atom stereocenters. The number of nitrogens with one attached hydrogen (secondary N) is 2. The number of nitrogens with zero attached hydrogens (tertiary/aromatic N) is 1. The standard InChI is InChI=1S/C14H19N3/c1-14(11-15,13-7-8-16-10-13)17-9-12-5-3-2-4-6-12/h2-6,13,16-17H,7-10H2,1H3. The Bertz CT molecular complexity index is 390. The molecule has 2 atom stereocenters. The minimum atomic E-state index is -0.431. The zero-order valence-electron chi connectivity index (χ0n) is 10.2. The Hall–Kier alpha value is -1.37. The summed E-state index contributed by atoms with van der Waals surface area (Å²) in [4.78, 5) is 0. The Labute approximate surface area is 103 Å². The van der Waals surface area contributed by atoms with E-state index in [4.69, 9.17) is 0 Å². The average molecular weight is 229 g/mol. The van der Waals surface area contributed by atoms with E-state index >= 15 is 0 Å². The quantitative estimate of drug-likeness (QED) is 0.825. The van der Waals surface area contributed by atoms with E-state index in [-0.39, 0.29) is 0 Å². The molecule has 2 rings (SSSR count). The van der Waals surface area contributed by atoms with Crippen molar-refractivity contribution in [1.29, 1.82) is 5.26 Å². The van der Waals surface area contributed by atoms with Gasteiger partial charge in [0, 0.05) is 19.0 Å². The Morgan fingerprint density at radius 1 is 1.47 bits per heavy atom. The summed E-state index contributed by atoms with van der Waals surface area (Å²) in [6, 6.07) is 12.7. The van der Waals surface area contributed by atoms with Gasteiger partial charge in [0.15, 0.2) is 0 Å². The van der Waals surface area contributed by atoms with E-state index in [1.165, 1.54) is 5.56 Å². The lowest BCUT2D eigenvalue weighted by molar-refractivity contribution is 0.314. The van der Waals surface area contributed by atoms with Crippen LogP contribution in [-0.4, -0.2) is 18.6 Å². The molecule has 2 N–H and O–H groups in total. The van der Waals surface area contributed by atoms with Crippen molar-refractivity contribution in [2.75, 3.05) is 13.1 Å². The Morgan fingerprint density at radius 3 is 2.82 bits per heavy atom. The second kappa shape index (κ2) is 5.31. The highest BCUT2D eigenvalue weighted by atomic mass is 15.0. The first-order valence-corrected chi connectivity index (χ1v) is 6.15. The lowest BCUT2D eigenvalue weighted by Crippen LogP contribution is -2.48. The van der Waals surface area contributed by atoms with Crippen molar-refractivity contribution in [2.45, 2.75) is 25.4 Å². The number of nitriles is 1. The van der Waals surface area contributed by atoms with Gasteiger partial charge in [0.05, 0.1) is 6.07 Å². The first-order valence-electron chi connectivity index (χ1n) is 6.15. The molecule has 1 saturated heterocycles. The molecule has 0 saturated carbocycles. The molecule has 1 heterocycles. The van der Waals surface area contributed by atoms with Crippen LogP contribution in [0.5, 0.6) is 0 Å². The second-order valence-electron chi connectivity index (χ2n) is 4.84. The lowest BCUT2D eigenvalue weighted by atomic mass is 9.86. The Balaban J connectivity index is 1.98. The van der Waals surface area contributed by atoms with Crippen LogP contribution in [0, 0.1) is 17.2 Å². The molecule has 0 bridgehead atoms. The molecule has 3 nitrogen and oxygen atoms in total. The third-order valence-corrected chi connectivity index (χ3v) is 3.61. The first-order chi connectivity index (χ1) is 8.24. The van der Waals surface area contributed by atoms with E-state index in [1.54, 1.807) is 0 Å². The summed E-state index contributed by atoms with van der Waals surface area (Å²) in [6.07, 6.45) is 1.08. The van der Waals surface area contributed by atoms with E-state index in [1.807, 2.05) is 25.1 Å². The SMILES string of the molecule is CC(C#N)(NCc1ccccc1)C1CCNC1. The van der Waals surface area contributed by atoms with Crippen molar-refractivity contribution in [3.05, 3.63) is 35.9 Å². The van der Waals surface area contributed by atoms with Crippen LogP contribution in [0.15, 0.2) is 30.3 Å². The highest BCUT2D eigenvalue weighted by Gasteiger charge is 2.35. The molecule has 0 amide bonds. The maximum atomic E-state index is 9.38. The van der Waals surface area contributed by atoms with Gasteiger partial charge in [-0.25, -0.2) is 0 Å². The van der Waals surface area contributed by atoms with Gasteiger partial charge in [0.25, 0.3) is 0 Å². The fourth-order valence-corrected chi connectivity index (χ4v) is 2.30. The Kier molecular flexibility index (Phi) is 3.78. The third-order valence-electron chi connectivity index (χ3n) is 3.61. The molecule has 1 aromatic carbocycles. The zero-order chi connectivity index (χ0) is 12.1. The lowest BCUT2D eigenvalue weighted by Gasteiger charge is -2.29. The van der Waals surface area contributed by atoms with Gasteiger partial charge >= 0.3 is 0 Å². The molecule has 0 aliphatic carbocycles.